The van der Waals surface area contributed by atoms with E-state index in [-0.39, 0.29) is 0 Å². The molecule has 0 fully saturated rings. The van der Waals surface area contributed by atoms with Crippen LogP contribution in [0.25, 0.3) is 0 Å². The van der Waals surface area contributed by atoms with E-state index >= 15 is 0 Å². The summed E-state index contributed by atoms with van der Waals surface area (Å²) >= 11 is 3.44. The minimum absolute atomic E-state index is 0.420. The molecule has 1 atom stereocenters. The number of ether oxygens (including phenoxy) is 2. The van der Waals surface area contributed by atoms with Gasteiger partial charge in [-0.25, -0.2) is 4.79 Å². The molecule has 3 nitrogen and oxygen atoms in total. The van der Waals surface area contributed by atoms with E-state index in [1.54, 1.807) is 0 Å². The number of methoxy groups -OCH3 is 1. The molecule has 20 heavy (non-hydrogen) atoms. The van der Waals surface area contributed by atoms with Gasteiger partial charge in [-0.3, -0.25) is 0 Å². The van der Waals surface area contributed by atoms with Gasteiger partial charge in [0, 0.05) is 10.0 Å². The molecule has 0 radical (unpaired) electrons. The number of carbonyl (C=O) groups excluding carboxylic acids is 1. The zero-order chi connectivity index (χ0) is 14.5. The fraction of sp³-hybridized carbons (Fsp3) is 0.188. The van der Waals surface area contributed by atoms with E-state index < -0.39 is 12.1 Å². The molecule has 0 spiro atoms. The van der Waals surface area contributed by atoms with Gasteiger partial charge in [0.1, 0.15) is 5.75 Å². The third kappa shape index (κ3) is 3.39. The standard InChI is InChI=1S/C16H15BrO3/c1-11-10-13(8-9-14(11)17)20-15(16(18)19-2)12-6-4-3-5-7-12/h3-10,15H,1-2H3. The summed E-state index contributed by atoms with van der Waals surface area (Å²) < 4.78 is 11.6. The highest BCUT2D eigenvalue weighted by molar-refractivity contribution is 9.10. The molecule has 104 valence electrons. The van der Waals surface area contributed by atoms with Crippen LogP contribution in [0.1, 0.15) is 17.2 Å². The number of hydrogen-bond donors (Lipinski definition) is 0. The second kappa shape index (κ2) is 6.57. The van der Waals surface area contributed by atoms with Crippen molar-refractivity contribution in [3.63, 3.8) is 0 Å². The summed E-state index contributed by atoms with van der Waals surface area (Å²) in [6.45, 7) is 1.96. The van der Waals surface area contributed by atoms with Crippen molar-refractivity contribution < 1.29 is 14.3 Å². The van der Waals surface area contributed by atoms with Crippen LogP contribution in [0.5, 0.6) is 5.75 Å². The fourth-order valence-corrected chi connectivity index (χ4v) is 2.06. The van der Waals surface area contributed by atoms with E-state index in [0.29, 0.717) is 5.75 Å². The predicted molar refractivity (Wildman–Crippen MR) is 80.7 cm³/mol. The second-order valence-corrected chi connectivity index (χ2v) is 5.20. The first kappa shape index (κ1) is 14.6. The van der Waals surface area contributed by atoms with Crippen LogP contribution in [-0.4, -0.2) is 13.1 Å². The van der Waals surface area contributed by atoms with E-state index in [2.05, 4.69) is 15.9 Å². The van der Waals surface area contributed by atoms with Gasteiger partial charge in [0.15, 0.2) is 0 Å². The molecule has 0 aliphatic heterocycles. The van der Waals surface area contributed by atoms with Crippen molar-refractivity contribution in [3.05, 3.63) is 64.1 Å². The molecule has 0 aliphatic rings. The van der Waals surface area contributed by atoms with Crippen LogP contribution in [0.2, 0.25) is 0 Å². The van der Waals surface area contributed by atoms with Crippen molar-refractivity contribution in [1.29, 1.82) is 0 Å². The zero-order valence-electron chi connectivity index (χ0n) is 11.3. The van der Waals surface area contributed by atoms with Gasteiger partial charge in [-0.2, -0.15) is 0 Å². The molecule has 2 rings (SSSR count). The molecule has 0 aromatic heterocycles. The highest BCUT2D eigenvalue weighted by Crippen LogP contribution is 2.27. The Labute approximate surface area is 126 Å². The van der Waals surface area contributed by atoms with Crippen LogP contribution in [0.4, 0.5) is 0 Å². The number of benzene rings is 2. The molecular formula is C16H15BrO3. The van der Waals surface area contributed by atoms with E-state index in [1.165, 1.54) is 7.11 Å². The van der Waals surface area contributed by atoms with Crippen LogP contribution in [0.15, 0.2) is 53.0 Å². The van der Waals surface area contributed by atoms with Gasteiger partial charge < -0.3 is 9.47 Å². The molecule has 0 saturated carbocycles. The van der Waals surface area contributed by atoms with Crippen molar-refractivity contribution in [1.82, 2.24) is 0 Å². The fourth-order valence-electron chi connectivity index (χ4n) is 1.81. The lowest BCUT2D eigenvalue weighted by molar-refractivity contribution is -0.149. The van der Waals surface area contributed by atoms with Crippen molar-refractivity contribution >= 4 is 21.9 Å². The van der Waals surface area contributed by atoms with E-state index in [0.717, 1.165) is 15.6 Å². The minimum atomic E-state index is -0.762. The quantitative estimate of drug-likeness (QED) is 0.791. The van der Waals surface area contributed by atoms with Gasteiger partial charge in [-0.1, -0.05) is 46.3 Å². The molecule has 2 aromatic rings. The Morgan fingerprint density at radius 2 is 1.85 bits per heavy atom. The van der Waals surface area contributed by atoms with E-state index in [4.69, 9.17) is 9.47 Å². The second-order valence-electron chi connectivity index (χ2n) is 4.34. The largest absolute Gasteiger partial charge is 0.474 e. The van der Waals surface area contributed by atoms with Crippen molar-refractivity contribution in [2.75, 3.05) is 7.11 Å². The Bertz CT molecular complexity index is 596. The Morgan fingerprint density at radius 3 is 2.45 bits per heavy atom. The number of halogens is 1. The first-order valence-electron chi connectivity index (χ1n) is 6.17. The molecule has 1 unspecified atom stereocenters. The number of esters is 1. The van der Waals surface area contributed by atoms with Crippen LogP contribution in [0, 0.1) is 6.92 Å². The van der Waals surface area contributed by atoms with E-state index in [9.17, 15) is 4.79 Å². The Morgan fingerprint density at radius 1 is 1.15 bits per heavy atom. The van der Waals surface area contributed by atoms with Gasteiger partial charge in [0.25, 0.3) is 0 Å². The average molecular weight is 335 g/mol. The van der Waals surface area contributed by atoms with Gasteiger partial charge in [-0.05, 0) is 30.7 Å². The third-order valence-electron chi connectivity index (χ3n) is 2.90. The van der Waals surface area contributed by atoms with Gasteiger partial charge in [0.05, 0.1) is 7.11 Å². The lowest BCUT2D eigenvalue weighted by atomic mass is 10.1. The maximum absolute atomic E-state index is 11.9. The highest BCUT2D eigenvalue weighted by atomic mass is 79.9. The predicted octanol–water partition coefficient (Wildman–Crippen LogP) is 4.05. The van der Waals surface area contributed by atoms with Crippen LogP contribution in [0.3, 0.4) is 0 Å². The summed E-state index contributed by atoms with van der Waals surface area (Å²) in [5.41, 5.74) is 1.80. The van der Waals surface area contributed by atoms with Crippen LogP contribution >= 0.6 is 15.9 Å². The molecule has 0 bridgehead atoms. The van der Waals surface area contributed by atoms with Gasteiger partial charge >= 0.3 is 5.97 Å². The van der Waals surface area contributed by atoms with Crippen molar-refractivity contribution in [2.45, 2.75) is 13.0 Å². The first-order valence-corrected chi connectivity index (χ1v) is 6.96. The Balaban J connectivity index is 2.28. The maximum atomic E-state index is 11.9. The summed E-state index contributed by atoms with van der Waals surface area (Å²) in [4.78, 5) is 11.9. The van der Waals surface area contributed by atoms with Crippen LogP contribution < -0.4 is 4.74 Å². The molecule has 0 saturated heterocycles. The van der Waals surface area contributed by atoms with Crippen LogP contribution in [-0.2, 0) is 9.53 Å². The topological polar surface area (TPSA) is 35.5 Å². The molecule has 4 heteroatoms. The molecule has 0 N–H and O–H groups in total. The average Bonchev–Trinajstić information content (AvgIpc) is 2.48. The first-order chi connectivity index (χ1) is 9.61. The number of aryl methyl sites for hydroxylation is 1. The lowest BCUT2D eigenvalue weighted by Crippen LogP contribution is -2.20. The SMILES string of the molecule is COC(=O)C(Oc1ccc(Br)c(C)c1)c1ccccc1. The maximum Gasteiger partial charge on any atom is 0.351 e. The summed E-state index contributed by atoms with van der Waals surface area (Å²) in [6.07, 6.45) is -0.762. The third-order valence-corrected chi connectivity index (χ3v) is 3.79. The normalized spacial score (nSPS) is 11.8. The summed E-state index contributed by atoms with van der Waals surface area (Å²) in [5.74, 6) is 0.210. The van der Waals surface area contributed by atoms with Gasteiger partial charge in [-0.15, -0.1) is 0 Å². The molecule has 2 aromatic carbocycles. The van der Waals surface area contributed by atoms with Gasteiger partial charge in [0.2, 0.25) is 6.10 Å². The molecule has 0 amide bonds. The molecule has 0 aliphatic carbocycles. The highest BCUT2D eigenvalue weighted by Gasteiger charge is 2.23. The Hall–Kier alpha value is -1.81. The summed E-state index contributed by atoms with van der Waals surface area (Å²) in [6, 6.07) is 14.9. The smallest absolute Gasteiger partial charge is 0.351 e. The summed E-state index contributed by atoms with van der Waals surface area (Å²) in [5, 5.41) is 0. The lowest BCUT2D eigenvalue weighted by Gasteiger charge is -2.17. The zero-order valence-corrected chi connectivity index (χ0v) is 12.9. The molecular weight excluding hydrogens is 320 g/mol. The monoisotopic (exact) mass is 334 g/mol. The van der Waals surface area contributed by atoms with E-state index in [1.807, 2.05) is 55.5 Å². The Kier molecular flexibility index (Phi) is 4.79. The minimum Gasteiger partial charge on any atom is -0.474 e. The van der Waals surface area contributed by atoms with Crippen molar-refractivity contribution in [2.24, 2.45) is 0 Å². The summed E-state index contributed by atoms with van der Waals surface area (Å²) in [7, 11) is 1.36. The molecule has 0 heterocycles. The van der Waals surface area contributed by atoms with Crippen molar-refractivity contribution in [3.8, 4) is 5.75 Å². The number of hydrogen-bond acceptors (Lipinski definition) is 3. The number of carbonyl (C=O) groups is 1. The number of rotatable bonds is 4.